The number of hydrogen-bond acceptors (Lipinski definition) is 2. The van der Waals surface area contributed by atoms with Crippen molar-refractivity contribution in [1.82, 2.24) is 0 Å². The van der Waals surface area contributed by atoms with Crippen LogP contribution in [0.1, 0.15) is 15.9 Å². The van der Waals surface area contributed by atoms with Gasteiger partial charge in [-0.1, -0.05) is 36.4 Å². The predicted molar refractivity (Wildman–Crippen MR) is 86.2 cm³/mol. The van der Waals surface area contributed by atoms with Crippen LogP contribution < -0.4 is 10.2 Å². The van der Waals surface area contributed by atoms with Crippen LogP contribution in [-0.4, -0.2) is 11.9 Å². The molecule has 5 heteroatoms. The van der Waals surface area contributed by atoms with E-state index in [1.165, 1.54) is 0 Å². The summed E-state index contributed by atoms with van der Waals surface area (Å²) in [6.07, 6.45) is 1.96. The fourth-order valence-electron chi connectivity index (χ4n) is 2.32. The molecule has 2 aromatic carbocycles. The highest BCUT2D eigenvalue weighted by atomic mass is 31.2. The maximum absolute atomic E-state index is 12.4. The molecule has 0 saturated carbocycles. The van der Waals surface area contributed by atoms with E-state index >= 15 is 0 Å². The number of fused-ring (bicyclic) bond motifs is 1. The van der Waals surface area contributed by atoms with E-state index in [9.17, 15) is 9.36 Å². The van der Waals surface area contributed by atoms with Crippen LogP contribution in [0.15, 0.2) is 61.2 Å². The minimum absolute atomic E-state index is 0.0503. The van der Waals surface area contributed by atoms with Crippen molar-refractivity contribution in [1.29, 1.82) is 0 Å². The molecule has 3 rings (SSSR count). The van der Waals surface area contributed by atoms with Crippen LogP contribution in [0.5, 0.6) is 0 Å². The Kier molecular flexibility index (Phi) is 3.40. The predicted octanol–water partition coefficient (Wildman–Crippen LogP) is 4.13. The zero-order valence-corrected chi connectivity index (χ0v) is 12.3. The van der Waals surface area contributed by atoms with E-state index in [0.717, 1.165) is 5.69 Å². The molecule has 106 valence electrons. The quantitative estimate of drug-likeness (QED) is 0.506. The lowest BCUT2D eigenvalue weighted by molar-refractivity contribution is 0.103. The molecule has 0 aromatic heterocycles. The third-order valence-electron chi connectivity index (χ3n) is 3.31. The number of rotatable bonds is 4. The number of carbonyl (C=O) groups excluding carboxylic acids is 1. The Morgan fingerprint density at radius 3 is 2.48 bits per heavy atom. The van der Waals surface area contributed by atoms with Gasteiger partial charge in [0, 0.05) is 11.1 Å². The van der Waals surface area contributed by atoms with Crippen molar-refractivity contribution in [2.45, 2.75) is 0 Å². The highest BCUT2D eigenvalue weighted by molar-refractivity contribution is 7.67. The molecule has 0 fully saturated rings. The first-order valence-corrected chi connectivity index (χ1v) is 8.51. The molecule has 1 aliphatic rings. The second-order valence-electron chi connectivity index (χ2n) is 4.89. The van der Waals surface area contributed by atoms with E-state index in [-0.39, 0.29) is 5.78 Å². The van der Waals surface area contributed by atoms with Gasteiger partial charge < -0.3 is 10.2 Å². The SMILES string of the molecule is C=CCP1(=O)Nc2ccc(C(=O)c3ccccc3)cc2N1. The Hall–Kier alpha value is -2.32. The highest BCUT2D eigenvalue weighted by Gasteiger charge is 2.29. The Bertz CT molecular complexity index is 756. The summed E-state index contributed by atoms with van der Waals surface area (Å²) in [7, 11) is -2.70. The largest absolute Gasteiger partial charge is 0.318 e. The van der Waals surface area contributed by atoms with Crippen molar-refractivity contribution in [3.05, 3.63) is 72.3 Å². The molecule has 21 heavy (non-hydrogen) atoms. The molecule has 1 atom stereocenters. The Balaban J connectivity index is 1.91. The normalized spacial score (nSPS) is 19.2. The van der Waals surface area contributed by atoms with E-state index in [0.29, 0.717) is 23.0 Å². The summed E-state index contributed by atoms with van der Waals surface area (Å²) in [5, 5.41) is 5.96. The van der Waals surface area contributed by atoms with Crippen LogP contribution in [-0.2, 0) is 4.57 Å². The lowest BCUT2D eigenvalue weighted by Gasteiger charge is -2.09. The average Bonchev–Trinajstić information content (AvgIpc) is 2.82. The molecule has 1 heterocycles. The van der Waals surface area contributed by atoms with E-state index in [4.69, 9.17) is 0 Å². The van der Waals surface area contributed by atoms with Crippen molar-refractivity contribution >= 4 is 24.6 Å². The maximum atomic E-state index is 12.4. The van der Waals surface area contributed by atoms with Gasteiger partial charge in [0.15, 0.2) is 5.78 Å². The topological polar surface area (TPSA) is 58.2 Å². The van der Waals surface area contributed by atoms with Gasteiger partial charge in [0.25, 0.3) is 7.44 Å². The molecule has 1 unspecified atom stereocenters. The molecule has 0 aliphatic carbocycles. The fourth-order valence-corrected chi connectivity index (χ4v) is 4.08. The number of benzene rings is 2. The summed E-state index contributed by atoms with van der Waals surface area (Å²) in [4.78, 5) is 12.4. The Labute approximate surface area is 123 Å². The Morgan fingerprint density at radius 1 is 1.05 bits per heavy atom. The lowest BCUT2D eigenvalue weighted by atomic mass is 10.0. The van der Waals surface area contributed by atoms with Gasteiger partial charge in [0.1, 0.15) is 0 Å². The van der Waals surface area contributed by atoms with Gasteiger partial charge in [-0.2, -0.15) is 0 Å². The van der Waals surface area contributed by atoms with E-state index < -0.39 is 7.44 Å². The summed E-state index contributed by atoms with van der Waals surface area (Å²) in [5.74, 6) is -0.0503. The van der Waals surface area contributed by atoms with Crippen LogP contribution in [0.4, 0.5) is 11.4 Å². The Morgan fingerprint density at radius 2 is 1.76 bits per heavy atom. The van der Waals surface area contributed by atoms with Gasteiger partial charge in [0.05, 0.1) is 17.5 Å². The van der Waals surface area contributed by atoms with Gasteiger partial charge in [-0.15, -0.1) is 6.58 Å². The summed E-state index contributed by atoms with van der Waals surface area (Å²) in [5.41, 5.74) is 2.66. The van der Waals surface area contributed by atoms with Gasteiger partial charge >= 0.3 is 0 Å². The number of nitrogens with one attached hydrogen (secondary N) is 2. The number of ketones is 1. The van der Waals surface area contributed by atoms with Crippen molar-refractivity contribution in [2.24, 2.45) is 0 Å². The van der Waals surface area contributed by atoms with E-state index in [1.54, 1.807) is 36.4 Å². The van der Waals surface area contributed by atoms with Gasteiger partial charge in [-0.05, 0) is 18.2 Å². The molecule has 0 radical (unpaired) electrons. The maximum Gasteiger partial charge on any atom is 0.261 e. The summed E-state index contributed by atoms with van der Waals surface area (Å²) in [6, 6.07) is 14.4. The summed E-state index contributed by atoms with van der Waals surface area (Å²) in [6.45, 7) is 3.61. The first-order valence-electron chi connectivity index (χ1n) is 6.62. The fraction of sp³-hybridized carbons (Fsp3) is 0.0625. The minimum Gasteiger partial charge on any atom is -0.318 e. The van der Waals surface area contributed by atoms with Crippen LogP contribution in [0.3, 0.4) is 0 Å². The zero-order valence-electron chi connectivity index (χ0n) is 11.4. The zero-order chi connectivity index (χ0) is 14.9. The van der Waals surface area contributed by atoms with Crippen molar-refractivity contribution in [3.63, 3.8) is 0 Å². The molecule has 0 amide bonds. The highest BCUT2D eigenvalue weighted by Crippen LogP contribution is 2.54. The molecule has 1 aliphatic heterocycles. The number of carbonyl (C=O) groups is 1. The standard InChI is InChI=1S/C16H15N2O2P/c1-2-10-21(20)17-14-9-8-13(11-15(14)18-21)16(19)12-6-4-3-5-7-12/h2-9,11H,1,10H2,(H2,17,18,20). The molecule has 0 saturated heterocycles. The summed E-state index contributed by atoms with van der Waals surface area (Å²) < 4.78 is 12.4. The monoisotopic (exact) mass is 298 g/mol. The molecular weight excluding hydrogens is 283 g/mol. The molecule has 0 bridgehead atoms. The van der Waals surface area contributed by atoms with Crippen LogP contribution >= 0.6 is 7.44 Å². The van der Waals surface area contributed by atoms with Crippen molar-refractivity contribution in [3.8, 4) is 0 Å². The van der Waals surface area contributed by atoms with Crippen LogP contribution in [0.2, 0.25) is 0 Å². The smallest absolute Gasteiger partial charge is 0.261 e. The third-order valence-corrected chi connectivity index (χ3v) is 5.28. The van der Waals surface area contributed by atoms with E-state index in [2.05, 4.69) is 16.8 Å². The first kappa shape index (κ1) is 13.7. The third kappa shape index (κ3) is 2.63. The lowest BCUT2D eigenvalue weighted by Crippen LogP contribution is -2.01. The second-order valence-corrected chi connectivity index (χ2v) is 7.18. The van der Waals surface area contributed by atoms with Crippen molar-refractivity contribution in [2.75, 3.05) is 16.3 Å². The molecule has 2 N–H and O–H groups in total. The van der Waals surface area contributed by atoms with Crippen LogP contribution in [0, 0.1) is 0 Å². The first-order chi connectivity index (χ1) is 10.1. The van der Waals surface area contributed by atoms with Crippen LogP contribution in [0.25, 0.3) is 0 Å². The minimum atomic E-state index is -2.70. The van der Waals surface area contributed by atoms with Gasteiger partial charge in [-0.25, -0.2) is 0 Å². The van der Waals surface area contributed by atoms with E-state index in [1.807, 2.05) is 18.2 Å². The second kappa shape index (κ2) is 5.23. The molecule has 2 aromatic rings. The van der Waals surface area contributed by atoms with Gasteiger partial charge in [0.2, 0.25) is 0 Å². The molecule has 4 nitrogen and oxygen atoms in total. The average molecular weight is 298 g/mol. The van der Waals surface area contributed by atoms with Gasteiger partial charge in [-0.3, -0.25) is 9.36 Å². The number of anilines is 2. The molecule has 0 spiro atoms. The molecular formula is C16H15N2O2P. The van der Waals surface area contributed by atoms with Crippen molar-refractivity contribution < 1.29 is 9.36 Å². The summed E-state index contributed by atoms with van der Waals surface area (Å²) >= 11 is 0. The number of hydrogen-bond donors (Lipinski definition) is 2. The number of allylic oxidation sites excluding steroid dienone is 1.